The number of benzene rings is 1. The van der Waals surface area contributed by atoms with E-state index in [1.807, 2.05) is 30.9 Å². The lowest BCUT2D eigenvalue weighted by Crippen LogP contribution is -2.38. The summed E-state index contributed by atoms with van der Waals surface area (Å²) in [6.07, 6.45) is 1.02. The van der Waals surface area contributed by atoms with E-state index in [2.05, 4.69) is 11.4 Å². The third-order valence-electron chi connectivity index (χ3n) is 3.92. The third kappa shape index (κ3) is 4.63. The average Bonchev–Trinajstić information content (AvgIpc) is 2.99. The van der Waals surface area contributed by atoms with Crippen LogP contribution in [0.4, 0.5) is 4.79 Å². The third-order valence-corrected chi connectivity index (χ3v) is 3.92. The van der Waals surface area contributed by atoms with Gasteiger partial charge in [-0.25, -0.2) is 4.79 Å². The van der Waals surface area contributed by atoms with Crippen molar-refractivity contribution in [3.63, 3.8) is 0 Å². The van der Waals surface area contributed by atoms with Crippen LogP contribution in [0.15, 0.2) is 18.2 Å². The quantitative estimate of drug-likeness (QED) is 0.879. The Labute approximate surface area is 132 Å². The van der Waals surface area contributed by atoms with Crippen LogP contribution in [0.2, 0.25) is 0 Å². The Kier molecular flexibility index (Phi) is 6.07. The molecule has 5 nitrogen and oxygen atoms in total. The van der Waals surface area contributed by atoms with Crippen LogP contribution in [0.3, 0.4) is 0 Å². The highest BCUT2D eigenvalue weighted by molar-refractivity contribution is 5.74. The lowest BCUT2D eigenvalue weighted by atomic mass is 10.1. The van der Waals surface area contributed by atoms with Gasteiger partial charge in [-0.15, -0.1) is 0 Å². The molecule has 1 saturated heterocycles. The summed E-state index contributed by atoms with van der Waals surface area (Å²) in [4.78, 5) is 14.1. The summed E-state index contributed by atoms with van der Waals surface area (Å²) in [6, 6.07) is 5.99. The maximum Gasteiger partial charge on any atom is 0.317 e. The number of carbonyl (C=O) groups is 1. The smallest absolute Gasteiger partial charge is 0.317 e. The van der Waals surface area contributed by atoms with Gasteiger partial charge in [0.1, 0.15) is 5.75 Å². The molecule has 0 aliphatic carbocycles. The van der Waals surface area contributed by atoms with Gasteiger partial charge < -0.3 is 19.7 Å². The van der Waals surface area contributed by atoms with Crippen LogP contribution < -0.4 is 10.1 Å². The van der Waals surface area contributed by atoms with Gasteiger partial charge in [0.15, 0.2) is 0 Å². The molecule has 1 N–H and O–H groups in total. The van der Waals surface area contributed by atoms with Crippen molar-refractivity contribution in [2.24, 2.45) is 5.92 Å². The summed E-state index contributed by atoms with van der Waals surface area (Å²) in [5.74, 6) is 1.28. The van der Waals surface area contributed by atoms with Gasteiger partial charge in [-0.2, -0.15) is 0 Å². The van der Waals surface area contributed by atoms with Crippen molar-refractivity contribution in [3.8, 4) is 5.75 Å². The molecule has 2 amide bonds. The Morgan fingerprint density at radius 3 is 2.95 bits per heavy atom. The van der Waals surface area contributed by atoms with Gasteiger partial charge in [0, 0.05) is 32.2 Å². The van der Waals surface area contributed by atoms with Crippen LogP contribution in [0, 0.1) is 12.8 Å². The number of likely N-dealkylation sites (tertiary alicyclic amines) is 1. The highest BCUT2D eigenvalue weighted by atomic mass is 16.5. The number of amides is 2. The van der Waals surface area contributed by atoms with Crippen LogP contribution in [0.5, 0.6) is 5.75 Å². The number of nitrogens with zero attached hydrogens (tertiary/aromatic N) is 1. The fraction of sp³-hybridized carbons (Fsp3) is 0.588. The number of nitrogens with one attached hydrogen (secondary N) is 1. The Morgan fingerprint density at radius 1 is 1.41 bits per heavy atom. The van der Waals surface area contributed by atoms with Gasteiger partial charge >= 0.3 is 6.03 Å². The topological polar surface area (TPSA) is 50.8 Å². The first-order valence-electron chi connectivity index (χ1n) is 7.87. The highest BCUT2D eigenvalue weighted by Gasteiger charge is 2.25. The van der Waals surface area contributed by atoms with Crippen LogP contribution in [-0.2, 0) is 11.3 Å². The number of aryl methyl sites for hydroxylation is 1. The Bertz CT molecular complexity index is 505. The van der Waals surface area contributed by atoms with E-state index >= 15 is 0 Å². The molecule has 1 atom stereocenters. The fourth-order valence-electron chi connectivity index (χ4n) is 2.77. The van der Waals surface area contributed by atoms with Crippen molar-refractivity contribution in [2.45, 2.75) is 26.8 Å². The van der Waals surface area contributed by atoms with E-state index < -0.39 is 0 Å². The molecule has 1 aromatic rings. The Hall–Kier alpha value is -1.75. The van der Waals surface area contributed by atoms with Crippen LogP contribution in [0.1, 0.15) is 24.5 Å². The SMILES string of the molecule is CCOC[C@@H]1CCN(C(=O)NCc2cc(C)cc(OC)c2)C1. The number of hydrogen-bond donors (Lipinski definition) is 1. The van der Waals surface area contributed by atoms with E-state index in [9.17, 15) is 4.79 Å². The second-order valence-electron chi connectivity index (χ2n) is 5.78. The average molecular weight is 306 g/mol. The summed E-state index contributed by atoms with van der Waals surface area (Å²) in [5.41, 5.74) is 2.18. The van der Waals surface area contributed by atoms with Gasteiger partial charge in [0.25, 0.3) is 0 Å². The molecular formula is C17H26N2O3. The number of ether oxygens (including phenoxy) is 2. The highest BCUT2D eigenvalue weighted by Crippen LogP contribution is 2.18. The van der Waals surface area contributed by atoms with Crippen molar-refractivity contribution in [3.05, 3.63) is 29.3 Å². The minimum atomic E-state index is -0.000489. The first-order chi connectivity index (χ1) is 10.6. The molecule has 0 spiro atoms. The second kappa shape index (κ2) is 8.03. The van der Waals surface area contributed by atoms with Crippen molar-refractivity contribution in [1.82, 2.24) is 10.2 Å². The number of carbonyl (C=O) groups excluding carboxylic acids is 1. The first-order valence-corrected chi connectivity index (χ1v) is 7.87. The van der Waals surface area contributed by atoms with Crippen LogP contribution in [0.25, 0.3) is 0 Å². The molecule has 0 unspecified atom stereocenters. The van der Waals surface area contributed by atoms with Crippen molar-refractivity contribution < 1.29 is 14.3 Å². The molecule has 0 aromatic heterocycles. The van der Waals surface area contributed by atoms with Crippen LogP contribution >= 0.6 is 0 Å². The molecule has 5 heteroatoms. The monoisotopic (exact) mass is 306 g/mol. The van der Waals surface area contributed by atoms with E-state index in [-0.39, 0.29) is 6.03 Å². The molecule has 2 rings (SSSR count). The Balaban J connectivity index is 1.82. The molecular weight excluding hydrogens is 280 g/mol. The van der Waals surface area contributed by atoms with Crippen molar-refractivity contribution in [2.75, 3.05) is 33.4 Å². The molecule has 1 heterocycles. The van der Waals surface area contributed by atoms with Gasteiger partial charge in [-0.05, 0) is 43.5 Å². The van der Waals surface area contributed by atoms with Crippen molar-refractivity contribution >= 4 is 6.03 Å². The predicted molar refractivity (Wildman–Crippen MR) is 86.1 cm³/mol. The molecule has 0 radical (unpaired) electrons. The largest absolute Gasteiger partial charge is 0.497 e. The minimum absolute atomic E-state index is 0.000489. The summed E-state index contributed by atoms with van der Waals surface area (Å²) in [6.45, 7) is 7.60. The number of urea groups is 1. The minimum Gasteiger partial charge on any atom is -0.497 e. The maximum atomic E-state index is 12.2. The van der Waals surface area contributed by atoms with Gasteiger partial charge in [-0.3, -0.25) is 0 Å². The molecule has 1 aliphatic rings. The van der Waals surface area contributed by atoms with Gasteiger partial charge in [0.2, 0.25) is 0 Å². The predicted octanol–water partition coefficient (Wildman–Crippen LogP) is 2.57. The van der Waals surface area contributed by atoms with Gasteiger partial charge in [0.05, 0.1) is 13.7 Å². The Morgan fingerprint density at radius 2 is 2.23 bits per heavy atom. The summed E-state index contributed by atoms with van der Waals surface area (Å²) in [7, 11) is 1.65. The molecule has 1 aliphatic heterocycles. The summed E-state index contributed by atoms with van der Waals surface area (Å²) >= 11 is 0. The summed E-state index contributed by atoms with van der Waals surface area (Å²) < 4.78 is 10.7. The van der Waals surface area contributed by atoms with E-state index in [4.69, 9.17) is 9.47 Å². The molecule has 0 saturated carbocycles. The lowest BCUT2D eigenvalue weighted by molar-refractivity contribution is 0.113. The first kappa shape index (κ1) is 16.6. The van der Waals surface area contributed by atoms with E-state index in [1.54, 1.807) is 7.11 Å². The standard InChI is InChI=1S/C17H26N2O3/c1-4-22-12-14-5-6-19(11-14)17(20)18-10-15-7-13(2)8-16(9-15)21-3/h7-9,14H,4-6,10-12H2,1-3H3,(H,18,20)/t14-/m1/s1. The van der Waals surface area contributed by atoms with Gasteiger partial charge in [-0.1, -0.05) is 6.07 Å². The molecule has 1 fully saturated rings. The molecule has 122 valence electrons. The lowest BCUT2D eigenvalue weighted by Gasteiger charge is -2.18. The number of methoxy groups -OCH3 is 1. The fourth-order valence-corrected chi connectivity index (χ4v) is 2.77. The number of hydrogen-bond acceptors (Lipinski definition) is 3. The van der Waals surface area contributed by atoms with E-state index in [1.165, 1.54) is 0 Å². The zero-order valence-corrected chi connectivity index (χ0v) is 13.7. The van der Waals surface area contributed by atoms with Crippen molar-refractivity contribution in [1.29, 1.82) is 0 Å². The number of rotatable bonds is 6. The molecule has 22 heavy (non-hydrogen) atoms. The normalized spacial score (nSPS) is 17.6. The molecule has 0 bridgehead atoms. The zero-order valence-electron chi connectivity index (χ0n) is 13.7. The van der Waals surface area contributed by atoms with E-state index in [0.29, 0.717) is 12.5 Å². The summed E-state index contributed by atoms with van der Waals surface area (Å²) in [5, 5.41) is 2.99. The second-order valence-corrected chi connectivity index (χ2v) is 5.78. The molecule has 1 aromatic carbocycles. The maximum absolute atomic E-state index is 12.2. The zero-order chi connectivity index (χ0) is 15.9. The van der Waals surface area contributed by atoms with Crippen LogP contribution in [-0.4, -0.2) is 44.3 Å². The van der Waals surface area contributed by atoms with E-state index in [0.717, 1.165) is 49.6 Å².